The number of carbonyl (C=O) groups is 1. The lowest BCUT2D eigenvalue weighted by Crippen LogP contribution is -2.05. The number of nitrogen functional groups attached to an aromatic ring is 1. The second kappa shape index (κ2) is 6.49. The van der Waals surface area contributed by atoms with Crippen LogP contribution in [-0.4, -0.2) is 23.6 Å². The molecule has 2 N–H and O–H groups in total. The molecular weight excluding hydrogens is 302 g/mol. The number of nitrogens with two attached hydrogens (primary N) is 1. The Morgan fingerprint density at radius 1 is 1.38 bits per heavy atom. The van der Waals surface area contributed by atoms with Crippen molar-refractivity contribution in [3.05, 3.63) is 29.1 Å². The number of benzene rings is 1. The molecule has 1 aromatic heterocycles. The fraction of sp³-hybridized carbons (Fsp3) is 0.231. The first kappa shape index (κ1) is 15.2. The highest BCUT2D eigenvalue weighted by Gasteiger charge is 2.19. The largest absolute Gasteiger partial charge is 0.462 e. The average Bonchev–Trinajstić information content (AvgIpc) is 2.81. The van der Waals surface area contributed by atoms with Gasteiger partial charge < -0.3 is 15.2 Å². The molecule has 0 bridgehead atoms. The number of rotatable bonds is 5. The molecule has 5 nitrogen and oxygen atoms in total. The van der Waals surface area contributed by atoms with Crippen LogP contribution in [-0.2, 0) is 4.74 Å². The second-order valence-electron chi connectivity index (χ2n) is 3.90. The first-order chi connectivity index (χ1) is 10.0. The van der Waals surface area contributed by atoms with Crippen LogP contribution in [0.4, 0.5) is 14.5 Å². The number of ether oxygens (including phenoxy) is 2. The highest BCUT2D eigenvalue weighted by Crippen LogP contribution is 2.32. The number of esters is 1. The number of aromatic nitrogens is 1. The van der Waals surface area contributed by atoms with Gasteiger partial charge in [0.1, 0.15) is 11.4 Å². The van der Waals surface area contributed by atoms with Crippen LogP contribution in [0, 0.1) is 0 Å². The van der Waals surface area contributed by atoms with E-state index in [0.717, 1.165) is 11.5 Å². The normalized spacial score (nSPS) is 10.7. The molecule has 0 aliphatic carbocycles. The van der Waals surface area contributed by atoms with Gasteiger partial charge in [-0.05, 0) is 42.7 Å². The van der Waals surface area contributed by atoms with Crippen LogP contribution >= 0.6 is 11.5 Å². The van der Waals surface area contributed by atoms with Crippen LogP contribution in [0.3, 0.4) is 0 Å². The molecule has 0 radical (unpaired) electrons. The SMILES string of the molecule is CCOC(=O)c1snc(-c2ccc(OC(F)F)cc2)c1N. The van der Waals surface area contributed by atoms with E-state index in [1.807, 2.05) is 0 Å². The van der Waals surface area contributed by atoms with Crippen LogP contribution in [0.15, 0.2) is 24.3 Å². The van der Waals surface area contributed by atoms with Gasteiger partial charge in [0, 0.05) is 5.56 Å². The standard InChI is InChI=1S/C13H12F2N2O3S/c1-2-19-12(18)11-9(16)10(17-21-11)7-3-5-8(6-4-7)20-13(14)15/h3-6,13H,2,16H2,1H3. The number of halogens is 2. The Bertz CT molecular complexity index is 629. The van der Waals surface area contributed by atoms with Crippen molar-refractivity contribution in [3.8, 4) is 17.0 Å². The molecule has 21 heavy (non-hydrogen) atoms. The third-order valence-electron chi connectivity index (χ3n) is 2.54. The zero-order valence-corrected chi connectivity index (χ0v) is 11.8. The van der Waals surface area contributed by atoms with E-state index in [1.54, 1.807) is 6.92 Å². The van der Waals surface area contributed by atoms with E-state index in [0.29, 0.717) is 11.3 Å². The van der Waals surface area contributed by atoms with Gasteiger partial charge in [0.05, 0.1) is 12.3 Å². The molecule has 8 heteroatoms. The minimum atomic E-state index is -2.88. The molecule has 2 aromatic rings. The number of nitrogens with zero attached hydrogens (tertiary/aromatic N) is 1. The van der Waals surface area contributed by atoms with Gasteiger partial charge in [-0.2, -0.15) is 13.2 Å². The predicted octanol–water partition coefficient (Wildman–Crippen LogP) is 3.17. The fourth-order valence-electron chi connectivity index (χ4n) is 1.64. The lowest BCUT2D eigenvalue weighted by atomic mass is 10.1. The molecule has 0 fully saturated rings. The molecule has 0 aliphatic rings. The smallest absolute Gasteiger partial charge is 0.387 e. The highest BCUT2D eigenvalue weighted by molar-refractivity contribution is 7.09. The lowest BCUT2D eigenvalue weighted by molar-refractivity contribution is -0.0498. The van der Waals surface area contributed by atoms with Crippen molar-refractivity contribution in [2.24, 2.45) is 0 Å². The first-order valence-electron chi connectivity index (χ1n) is 6.00. The summed E-state index contributed by atoms with van der Waals surface area (Å²) in [5.41, 5.74) is 7.10. The van der Waals surface area contributed by atoms with Crippen LogP contribution in [0.25, 0.3) is 11.3 Å². The topological polar surface area (TPSA) is 74.4 Å². The van der Waals surface area contributed by atoms with E-state index in [-0.39, 0.29) is 22.9 Å². The number of hydrogen-bond acceptors (Lipinski definition) is 6. The maximum absolute atomic E-state index is 12.1. The molecule has 1 aromatic carbocycles. The number of carbonyl (C=O) groups excluding carboxylic acids is 1. The van der Waals surface area contributed by atoms with E-state index in [1.165, 1.54) is 24.3 Å². The number of alkyl halides is 2. The van der Waals surface area contributed by atoms with E-state index >= 15 is 0 Å². The number of hydrogen-bond donors (Lipinski definition) is 1. The molecular formula is C13H12F2N2O3S. The van der Waals surface area contributed by atoms with Crippen LogP contribution < -0.4 is 10.5 Å². The van der Waals surface area contributed by atoms with Crippen LogP contribution in [0.1, 0.15) is 16.6 Å². The van der Waals surface area contributed by atoms with E-state index in [2.05, 4.69) is 9.11 Å². The Kier molecular flexibility index (Phi) is 4.69. The van der Waals surface area contributed by atoms with Gasteiger partial charge >= 0.3 is 12.6 Å². The Labute approximate surface area is 123 Å². The third-order valence-corrected chi connectivity index (χ3v) is 3.38. The van der Waals surface area contributed by atoms with Gasteiger partial charge in [-0.1, -0.05) is 0 Å². The van der Waals surface area contributed by atoms with Crippen molar-refractivity contribution in [3.63, 3.8) is 0 Å². The van der Waals surface area contributed by atoms with E-state index < -0.39 is 12.6 Å². The van der Waals surface area contributed by atoms with E-state index in [4.69, 9.17) is 10.5 Å². The maximum atomic E-state index is 12.1. The van der Waals surface area contributed by atoms with Gasteiger partial charge in [-0.15, -0.1) is 0 Å². The van der Waals surface area contributed by atoms with Gasteiger partial charge in [-0.25, -0.2) is 4.79 Å². The van der Waals surface area contributed by atoms with Crippen molar-refractivity contribution in [1.29, 1.82) is 0 Å². The molecule has 0 unspecified atom stereocenters. The van der Waals surface area contributed by atoms with Gasteiger partial charge in [0.25, 0.3) is 0 Å². The monoisotopic (exact) mass is 314 g/mol. The summed E-state index contributed by atoms with van der Waals surface area (Å²) >= 11 is 0.933. The minimum Gasteiger partial charge on any atom is -0.462 e. The van der Waals surface area contributed by atoms with E-state index in [9.17, 15) is 13.6 Å². The Morgan fingerprint density at radius 2 is 2.05 bits per heavy atom. The summed E-state index contributed by atoms with van der Waals surface area (Å²) < 4.78 is 37.4. The molecule has 2 rings (SSSR count). The van der Waals surface area contributed by atoms with Gasteiger partial charge in [-0.3, -0.25) is 0 Å². The highest BCUT2D eigenvalue weighted by atomic mass is 32.1. The van der Waals surface area contributed by atoms with Crippen molar-refractivity contribution in [2.45, 2.75) is 13.5 Å². The van der Waals surface area contributed by atoms with Crippen molar-refractivity contribution < 1.29 is 23.0 Å². The fourth-order valence-corrected chi connectivity index (χ4v) is 2.36. The molecule has 0 amide bonds. The molecule has 0 atom stereocenters. The molecule has 0 spiro atoms. The summed E-state index contributed by atoms with van der Waals surface area (Å²) in [4.78, 5) is 11.9. The Morgan fingerprint density at radius 3 is 2.62 bits per heavy atom. The first-order valence-corrected chi connectivity index (χ1v) is 6.77. The van der Waals surface area contributed by atoms with Gasteiger partial charge in [0.2, 0.25) is 0 Å². The van der Waals surface area contributed by atoms with Gasteiger partial charge in [0.15, 0.2) is 4.88 Å². The summed E-state index contributed by atoms with van der Waals surface area (Å²) in [6.07, 6.45) is 0. The quantitative estimate of drug-likeness (QED) is 0.858. The van der Waals surface area contributed by atoms with Crippen molar-refractivity contribution in [1.82, 2.24) is 4.37 Å². The molecule has 112 valence electrons. The molecule has 0 saturated heterocycles. The average molecular weight is 314 g/mol. The summed E-state index contributed by atoms with van der Waals surface area (Å²) in [5, 5.41) is 0. The second-order valence-corrected chi connectivity index (χ2v) is 4.67. The molecule has 0 saturated carbocycles. The predicted molar refractivity (Wildman–Crippen MR) is 74.6 cm³/mol. The lowest BCUT2D eigenvalue weighted by Gasteiger charge is -2.05. The third kappa shape index (κ3) is 3.46. The Hall–Kier alpha value is -2.22. The summed E-state index contributed by atoms with van der Waals surface area (Å²) in [5.74, 6) is -0.496. The summed E-state index contributed by atoms with van der Waals surface area (Å²) in [6, 6.07) is 5.84. The molecule has 1 heterocycles. The minimum absolute atomic E-state index is 0.0353. The Balaban J connectivity index is 2.24. The number of anilines is 1. The van der Waals surface area contributed by atoms with Crippen molar-refractivity contribution in [2.75, 3.05) is 12.3 Å². The summed E-state index contributed by atoms with van der Waals surface area (Å²) in [6.45, 7) is -0.946. The van der Waals surface area contributed by atoms with Crippen molar-refractivity contribution >= 4 is 23.2 Å². The zero-order valence-electron chi connectivity index (χ0n) is 11.0. The molecule has 0 aliphatic heterocycles. The maximum Gasteiger partial charge on any atom is 0.387 e. The van der Waals surface area contributed by atoms with Crippen LogP contribution in [0.2, 0.25) is 0 Å². The zero-order chi connectivity index (χ0) is 15.4. The van der Waals surface area contributed by atoms with Crippen LogP contribution in [0.5, 0.6) is 5.75 Å². The summed E-state index contributed by atoms with van der Waals surface area (Å²) in [7, 11) is 0.